The zero-order valence-corrected chi connectivity index (χ0v) is 16.7. The maximum Gasteiger partial charge on any atom is 0.337 e. The monoisotopic (exact) mass is 412 g/mol. The van der Waals surface area contributed by atoms with Crippen molar-refractivity contribution < 1.29 is 9.90 Å². The quantitative estimate of drug-likeness (QED) is 0.329. The summed E-state index contributed by atoms with van der Waals surface area (Å²) in [6.45, 7) is 1.81. The lowest BCUT2D eigenvalue weighted by atomic mass is 10.0. The lowest BCUT2D eigenvalue weighted by Gasteiger charge is -2.09. The number of hydrogen-bond acceptors (Lipinski definition) is 4. The van der Waals surface area contributed by atoms with E-state index in [1.165, 1.54) is 10.7 Å². The number of carboxylic acids is 1. The van der Waals surface area contributed by atoms with Crippen LogP contribution in [0.5, 0.6) is 0 Å². The van der Waals surface area contributed by atoms with Crippen LogP contribution in [0.15, 0.2) is 94.8 Å². The molecule has 0 aliphatic heterocycles. The molecule has 0 aliphatic rings. The fraction of sp³-hybridized carbons (Fsp3) is 0.0417. The summed E-state index contributed by atoms with van der Waals surface area (Å²) in [7, 11) is 0. The standard InChI is InChI=1S/C24H20N4O3/c1-16-21(23(29)28(27-16)18-12-6-3-7-13-18)22(17-10-4-2-5-11-17)26-25-20-15-9-8-14-19(20)24(30)31/h2-15,25,27H,1H3,(H,30,31). The second kappa shape index (κ2) is 8.54. The highest BCUT2D eigenvalue weighted by Gasteiger charge is 2.20. The summed E-state index contributed by atoms with van der Waals surface area (Å²) < 4.78 is 1.47. The average Bonchev–Trinajstić information content (AvgIpc) is 3.09. The number of aryl methyl sites for hydroxylation is 1. The van der Waals surface area contributed by atoms with Gasteiger partial charge in [-0.25, -0.2) is 9.48 Å². The molecule has 0 amide bonds. The molecule has 0 fully saturated rings. The van der Waals surface area contributed by atoms with Crippen LogP contribution >= 0.6 is 0 Å². The predicted molar refractivity (Wildman–Crippen MR) is 120 cm³/mol. The summed E-state index contributed by atoms with van der Waals surface area (Å²) in [4.78, 5) is 24.8. The van der Waals surface area contributed by atoms with E-state index in [-0.39, 0.29) is 11.1 Å². The van der Waals surface area contributed by atoms with Crippen molar-refractivity contribution in [2.24, 2.45) is 5.10 Å². The van der Waals surface area contributed by atoms with E-state index in [1.807, 2.05) is 60.7 Å². The summed E-state index contributed by atoms with van der Waals surface area (Å²) in [5, 5.41) is 17.0. The first-order valence-electron chi connectivity index (χ1n) is 9.65. The number of aromatic amines is 1. The van der Waals surface area contributed by atoms with Crippen molar-refractivity contribution in [3.05, 3.63) is 118 Å². The Kier molecular flexibility index (Phi) is 5.49. The molecule has 154 valence electrons. The minimum absolute atomic E-state index is 0.0890. The first-order valence-corrected chi connectivity index (χ1v) is 9.65. The number of hydrazone groups is 1. The molecule has 0 saturated heterocycles. The number of benzene rings is 3. The molecule has 0 atom stereocenters. The molecule has 7 nitrogen and oxygen atoms in total. The zero-order valence-electron chi connectivity index (χ0n) is 16.7. The van der Waals surface area contributed by atoms with Crippen molar-refractivity contribution in [1.82, 2.24) is 9.78 Å². The van der Waals surface area contributed by atoms with Crippen molar-refractivity contribution in [2.75, 3.05) is 5.43 Å². The second-order valence-electron chi connectivity index (χ2n) is 6.88. The number of carbonyl (C=O) groups is 1. The zero-order chi connectivity index (χ0) is 21.8. The van der Waals surface area contributed by atoms with Gasteiger partial charge in [0.25, 0.3) is 5.56 Å². The topological polar surface area (TPSA) is 99.5 Å². The molecular weight excluding hydrogens is 392 g/mol. The Hall–Kier alpha value is -4.39. The van der Waals surface area contributed by atoms with Crippen LogP contribution in [0, 0.1) is 6.92 Å². The summed E-state index contributed by atoms with van der Waals surface area (Å²) in [5.41, 5.74) is 5.90. The first kappa shape index (κ1) is 19.9. The number of para-hydroxylation sites is 2. The third-order valence-electron chi connectivity index (χ3n) is 4.82. The second-order valence-corrected chi connectivity index (χ2v) is 6.88. The van der Waals surface area contributed by atoms with Crippen LogP contribution in [0.2, 0.25) is 0 Å². The number of rotatable bonds is 6. The van der Waals surface area contributed by atoms with E-state index < -0.39 is 5.97 Å². The van der Waals surface area contributed by atoms with Crippen LogP contribution in [0.4, 0.5) is 5.69 Å². The Bertz CT molecular complexity index is 1310. The highest BCUT2D eigenvalue weighted by molar-refractivity contribution is 6.13. The molecule has 1 heterocycles. The van der Waals surface area contributed by atoms with E-state index in [2.05, 4.69) is 15.6 Å². The third kappa shape index (κ3) is 4.02. The molecule has 4 rings (SSSR count). The Morgan fingerprint density at radius 3 is 2.23 bits per heavy atom. The van der Waals surface area contributed by atoms with Gasteiger partial charge >= 0.3 is 5.97 Å². The molecule has 4 aromatic rings. The molecule has 0 saturated carbocycles. The van der Waals surface area contributed by atoms with Gasteiger partial charge in [0.2, 0.25) is 0 Å². The van der Waals surface area contributed by atoms with E-state index in [0.29, 0.717) is 28.3 Å². The molecule has 0 bridgehead atoms. The molecule has 1 aromatic heterocycles. The maximum absolute atomic E-state index is 13.3. The van der Waals surface area contributed by atoms with Gasteiger partial charge in [-0.1, -0.05) is 60.7 Å². The van der Waals surface area contributed by atoms with Crippen LogP contribution in [0.1, 0.15) is 27.2 Å². The average molecular weight is 412 g/mol. The molecule has 0 radical (unpaired) electrons. The highest BCUT2D eigenvalue weighted by Crippen LogP contribution is 2.17. The largest absolute Gasteiger partial charge is 0.478 e. The smallest absolute Gasteiger partial charge is 0.337 e. The highest BCUT2D eigenvalue weighted by atomic mass is 16.4. The lowest BCUT2D eigenvalue weighted by Crippen LogP contribution is -2.22. The minimum Gasteiger partial charge on any atom is -0.478 e. The number of nitrogens with zero attached hydrogens (tertiary/aromatic N) is 2. The number of H-pyrrole nitrogens is 1. The van der Waals surface area contributed by atoms with Gasteiger partial charge in [0.05, 0.1) is 22.5 Å². The normalized spacial score (nSPS) is 11.3. The maximum atomic E-state index is 13.3. The van der Waals surface area contributed by atoms with Gasteiger partial charge in [0, 0.05) is 11.3 Å². The van der Waals surface area contributed by atoms with E-state index in [4.69, 9.17) is 0 Å². The van der Waals surface area contributed by atoms with Gasteiger partial charge in [-0.05, 0) is 31.2 Å². The fourth-order valence-corrected chi connectivity index (χ4v) is 3.33. The minimum atomic E-state index is -1.07. The van der Waals surface area contributed by atoms with Crippen LogP contribution in [0.25, 0.3) is 5.69 Å². The van der Waals surface area contributed by atoms with Gasteiger partial charge in [-0.2, -0.15) is 5.10 Å². The molecule has 31 heavy (non-hydrogen) atoms. The van der Waals surface area contributed by atoms with Gasteiger partial charge in [0.15, 0.2) is 0 Å². The summed E-state index contributed by atoms with van der Waals surface area (Å²) in [6, 6.07) is 25.0. The van der Waals surface area contributed by atoms with Crippen LogP contribution < -0.4 is 11.0 Å². The van der Waals surface area contributed by atoms with Crippen molar-refractivity contribution in [3.63, 3.8) is 0 Å². The molecule has 3 N–H and O–H groups in total. The Morgan fingerprint density at radius 1 is 0.935 bits per heavy atom. The van der Waals surface area contributed by atoms with Gasteiger partial charge in [-0.3, -0.25) is 15.3 Å². The fourth-order valence-electron chi connectivity index (χ4n) is 3.33. The van der Waals surface area contributed by atoms with Gasteiger partial charge in [0.1, 0.15) is 5.71 Å². The van der Waals surface area contributed by atoms with Gasteiger partial charge in [-0.15, -0.1) is 0 Å². The molecule has 0 unspecified atom stereocenters. The van der Waals surface area contributed by atoms with Crippen molar-refractivity contribution >= 4 is 17.4 Å². The van der Waals surface area contributed by atoms with E-state index in [0.717, 1.165) is 5.56 Å². The first-order chi connectivity index (χ1) is 15.1. The number of anilines is 1. The van der Waals surface area contributed by atoms with Crippen molar-refractivity contribution in [3.8, 4) is 5.69 Å². The number of aromatic nitrogens is 2. The Balaban J connectivity index is 1.85. The lowest BCUT2D eigenvalue weighted by molar-refractivity contribution is 0.0698. The predicted octanol–water partition coefficient (Wildman–Crippen LogP) is 4.04. The summed E-state index contributed by atoms with van der Waals surface area (Å²) in [5.74, 6) is -1.07. The Labute approximate surface area is 178 Å². The number of hydrogen-bond donors (Lipinski definition) is 3. The number of nitrogens with one attached hydrogen (secondary N) is 2. The van der Waals surface area contributed by atoms with Gasteiger partial charge < -0.3 is 5.11 Å². The molecule has 7 heteroatoms. The SMILES string of the molecule is Cc1[nH]n(-c2ccccc2)c(=O)c1C(=NNc1ccccc1C(=O)O)c1ccccc1. The molecule has 0 aliphatic carbocycles. The van der Waals surface area contributed by atoms with Crippen molar-refractivity contribution in [2.45, 2.75) is 6.92 Å². The van der Waals surface area contributed by atoms with Crippen molar-refractivity contribution in [1.29, 1.82) is 0 Å². The van der Waals surface area contributed by atoms with Crippen LogP contribution in [0.3, 0.4) is 0 Å². The molecular formula is C24H20N4O3. The summed E-state index contributed by atoms with van der Waals surface area (Å²) >= 11 is 0. The van der Waals surface area contributed by atoms with E-state index >= 15 is 0 Å². The summed E-state index contributed by atoms with van der Waals surface area (Å²) in [6.07, 6.45) is 0. The Morgan fingerprint density at radius 2 is 1.55 bits per heavy atom. The molecule has 0 spiro atoms. The number of aromatic carboxylic acids is 1. The van der Waals surface area contributed by atoms with Crippen LogP contribution in [-0.2, 0) is 0 Å². The number of carboxylic acid groups (broad SMARTS) is 1. The van der Waals surface area contributed by atoms with E-state index in [1.54, 1.807) is 25.1 Å². The van der Waals surface area contributed by atoms with E-state index in [9.17, 15) is 14.7 Å². The third-order valence-corrected chi connectivity index (χ3v) is 4.82. The molecule has 3 aromatic carbocycles. The van der Waals surface area contributed by atoms with Crippen LogP contribution in [-0.4, -0.2) is 26.6 Å².